The molecule has 0 aliphatic rings. The fourth-order valence-electron chi connectivity index (χ4n) is 2.71. The first-order chi connectivity index (χ1) is 12.2. The van der Waals surface area contributed by atoms with Crippen molar-refractivity contribution in [1.82, 2.24) is 15.2 Å². The van der Waals surface area contributed by atoms with Crippen molar-refractivity contribution in [2.75, 3.05) is 5.32 Å². The Bertz CT molecular complexity index is 838. The molecule has 128 valence electrons. The minimum Gasteiger partial charge on any atom is -0.309 e. The van der Waals surface area contributed by atoms with Gasteiger partial charge in [0.25, 0.3) is 0 Å². The molecule has 0 saturated carbocycles. The fraction of sp³-hybridized carbons (Fsp3) is 0.250. The minimum absolute atomic E-state index is 0.0320. The van der Waals surface area contributed by atoms with Crippen LogP contribution in [0.2, 0.25) is 0 Å². The van der Waals surface area contributed by atoms with E-state index in [1.165, 1.54) is 11.1 Å². The summed E-state index contributed by atoms with van der Waals surface area (Å²) in [5.74, 6) is 0.550. The predicted molar refractivity (Wildman–Crippen MR) is 99.3 cm³/mol. The van der Waals surface area contributed by atoms with Crippen LogP contribution in [-0.2, 0) is 17.6 Å². The lowest BCUT2D eigenvalue weighted by atomic mass is 10.1. The number of aromatic nitrogens is 3. The Labute approximate surface area is 147 Å². The summed E-state index contributed by atoms with van der Waals surface area (Å²) in [6.45, 7) is 4.08. The number of aryl methyl sites for hydroxylation is 2. The molecule has 0 saturated heterocycles. The van der Waals surface area contributed by atoms with Crippen LogP contribution in [0.25, 0.3) is 11.3 Å². The molecule has 25 heavy (non-hydrogen) atoms. The summed E-state index contributed by atoms with van der Waals surface area (Å²) in [6, 6.07) is 12.2. The first-order valence-corrected chi connectivity index (χ1v) is 8.50. The third-order valence-corrected chi connectivity index (χ3v) is 4.31. The lowest BCUT2D eigenvalue weighted by Gasteiger charge is -2.05. The molecular weight excluding hydrogens is 312 g/mol. The SMILES string of the molecule is CCc1ccc(CCC(=O)Nc2n[nH]c(-c3ccncc3)c2C)cc1. The van der Waals surface area contributed by atoms with Gasteiger partial charge in [-0.25, -0.2) is 0 Å². The second-order valence-electron chi connectivity index (χ2n) is 6.03. The van der Waals surface area contributed by atoms with E-state index in [1.54, 1.807) is 12.4 Å². The zero-order valence-corrected chi connectivity index (χ0v) is 14.5. The zero-order chi connectivity index (χ0) is 17.6. The van der Waals surface area contributed by atoms with Crippen molar-refractivity contribution in [2.45, 2.75) is 33.1 Å². The Hall–Kier alpha value is -2.95. The van der Waals surface area contributed by atoms with Gasteiger partial charge in [0.1, 0.15) is 0 Å². The van der Waals surface area contributed by atoms with E-state index in [-0.39, 0.29) is 5.91 Å². The van der Waals surface area contributed by atoms with Gasteiger partial charge < -0.3 is 5.32 Å². The third-order valence-electron chi connectivity index (χ3n) is 4.31. The van der Waals surface area contributed by atoms with Crippen LogP contribution >= 0.6 is 0 Å². The van der Waals surface area contributed by atoms with E-state index >= 15 is 0 Å². The van der Waals surface area contributed by atoms with Gasteiger partial charge in [0, 0.05) is 29.9 Å². The van der Waals surface area contributed by atoms with Crippen molar-refractivity contribution < 1.29 is 4.79 Å². The molecule has 2 heterocycles. The van der Waals surface area contributed by atoms with Gasteiger partial charge >= 0.3 is 0 Å². The van der Waals surface area contributed by atoms with Crippen molar-refractivity contribution in [1.29, 1.82) is 0 Å². The zero-order valence-electron chi connectivity index (χ0n) is 14.5. The Morgan fingerprint density at radius 3 is 2.44 bits per heavy atom. The number of aromatic amines is 1. The highest BCUT2D eigenvalue weighted by Crippen LogP contribution is 2.25. The van der Waals surface area contributed by atoms with Gasteiger partial charge in [-0.15, -0.1) is 0 Å². The van der Waals surface area contributed by atoms with Crippen molar-refractivity contribution in [3.05, 3.63) is 65.5 Å². The molecule has 0 atom stereocenters. The predicted octanol–water partition coefficient (Wildman–Crippen LogP) is 3.91. The van der Waals surface area contributed by atoms with Gasteiger partial charge in [0.05, 0.1) is 5.69 Å². The second-order valence-corrected chi connectivity index (χ2v) is 6.03. The van der Waals surface area contributed by atoms with E-state index in [9.17, 15) is 4.79 Å². The van der Waals surface area contributed by atoms with Crippen LogP contribution in [0, 0.1) is 6.92 Å². The molecule has 0 aliphatic heterocycles. The molecular formula is C20H22N4O. The molecule has 0 radical (unpaired) electrons. The van der Waals surface area contributed by atoms with Gasteiger partial charge in [-0.3, -0.25) is 14.9 Å². The number of hydrogen-bond donors (Lipinski definition) is 2. The van der Waals surface area contributed by atoms with E-state index in [0.29, 0.717) is 12.2 Å². The maximum atomic E-state index is 12.2. The van der Waals surface area contributed by atoms with Gasteiger partial charge in [0.2, 0.25) is 5.91 Å². The summed E-state index contributed by atoms with van der Waals surface area (Å²) in [4.78, 5) is 16.2. The van der Waals surface area contributed by atoms with Crippen LogP contribution in [0.1, 0.15) is 30.0 Å². The Balaban J connectivity index is 1.60. The average Bonchev–Trinajstić information content (AvgIpc) is 3.01. The summed E-state index contributed by atoms with van der Waals surface area (Å²) in [5, 5.41) is 10.1. The monoisotopic (exact) mass is 334 g/mol. The van der Waals surface area contributed by atoms with E-state index < -0.39 is 0 Å². The summed E-state index contributed by atoms with van der Waals surface area (Å²) in [6.07, 6.45) is 5.65. The van der Waals surface area contributed by atoms with E-state index in [0.717, 1.165) is 29.7 Å². The minimum atomic E-state index is -0.0320. The number of H-pyrrole nitrogens is 1. The molecule has 5 nitrogen and oxygen atoms in total. The van der Waals surface area contributed by atoms with Crippen molar-refractivity contribution >= 4 is 11.7 Å². The largest absolute Gasteiger partial charge is 0.309 e. The summed E-state index contributed by atoms with van der Waals surface area (Å²) < 4.78 is 0. The maximum Gasteiger partial charge on any atom is 0.225 e. The van der Waals surface area contributed by atoms with E-state index in [4.69, 9.17) is 0 Å². The number of hydrogen-bond acceptors (Lipinski definition) is 3. The van der Waals surface area contributed by atoms with Gasteiger partial charge in [-0.05, 0) is 43.0 Å². The summed E-state index contributed by atoms with van der Waals surface area (Å²) in [7, 11) is 0. The van der Waals surface area contributed by atoms with Crippen LogP contribution in [0.3, 0.4) is 0 Å². The van der Waals surface area contributed by atoms with Crippen molar-refractivity contribution in [3.63, 3.8) is 0 Å². The number of pyridine rings is 1. The highest BCUT2D eigenvalue weighted by molar-refractivity contribution is 5.91. The van der Waals surface area contributed by atoms with Crippen LogP contribution in [0.4, 0.5) is 5.82 Å². The molecule has 2 aromatic heterocycles. The van der Waals surface area contributed by atoms with Crippen molar-refractivity contribution in [2.24, 2.45) is 0 Å². The smallest absolute Gasteiger partial charge is 0.225 e. The molecule has 2 N–H and O–H groups in total. The fourth-order valence-corrected chi connectivity index (χ4v) is 2.71. The molecule has 0 bridgehead atoms. The van der Waals surface area contributed by atoms with Crippen LogP contribution < -0.4 is 5.32 Å². The van der Waals surface area contributed by atoms with E-state index in [1.807, 2.05) is 19.1 Å². The first-order valence-electron chi connectivity index (χ1n) is 8.50. The number of carbonyl (C=O) groups is 1. The number of benzene rings is 1. The third kappa shape index (κ3) is 4.12. The molecule has 0 unspecified atom stereocenters. The first kappa shape index (κ1) is 16.9. The molecule has 1 amide bonds. The van der Waals surface area contributed by atoms with E-state index in [2.05, 4.69) is 51.7 Å². The molecule has 5 heteroatoms. The highest BCUT2D eigenvalue weighted by atomic mass is 16.1. The molecule has 0 fully saturated rings. The standard InChI is InChI=1S/C20H22N4O/c1-3-15-4-6-16(7-5-15)8-9-18(25)22-20-14(2)19(23-24-20)17-10-12-21-13-11-17/h4-7,10-13H,3,8-9H2,1-2H3,(H2,22,23,24,25). The quantitative estimate of drug-likeness (QED) is 0.718. The normalized spacial score (nSPS) is 10.6. The van der Waals surface area contributed by atoms with Crippen LogP contribution in [-0.4, -0.2) is 21.1 Å². The Morgan fingerprint density at radius 1 is 1.08 bits per heavy atom. The lowest BCUT2D eigenvalue weighted by Crippen LogP contribution is -2.13. The molecule has 3 aromatic rings. The topological polar surface area (TPSA) is 70.7 Å². The maximum absolute atomic E-state index is 12.2. The number of anilines is 1. The Kier molecular flexibility index (Phi) is 5.23. The van der Waals surface area contributed by atoms with Crippen LogP contribution in [0.15, 0.2) is 48.8 Å². The Morgan fingerprint density at radius 2 is 1.76 bits per heavy atom. The average molecular weight is 334 g/mol. The molecule has 0 aliphatic carbocycles. The lowest BCUT2D eigenvalue weighted by molar-refractivity contribution is -0.116. The highest BCUT2D eigenvalue weighted by Gasteiger charge is 2.13. The molecule has 1 aromatic carbocycles. The number of nitrogens with one attached hydrogen (secondary N) is 2. The number of amides is 1. The number of carbonyl (C=O) groups excluding carboxylic acids is 1. The molecule has 0 spiro atoms. The molecule has 3 rings (SSSR count). The van der Waals surface area contributed by atoms with Gasteiger partial charge in [0.15, 0.2) is 5.82 Å². The van der Waals surface area contributed by atoms with Gasteiger partial charge in [-0.2, -0.15) is 5.10 Å². The number of rotatable bonds is 6. The second kappa shape index (κ2) is 7.75. The summed E-state index contributed by atoms with van der Waals surface area (Å²) in [5.41, 5.74) is 5.30. The van der Waals surface area contributed by atoms with Gasteiger partial charge in [-0.1, -0.05) is 31.2 Å². The van der Waals surface area contributed by atoms with Crippen molar-refractivity contribution in [3.8, 4) is 11.3 Å². The van der Waals surface area contributed by atoms with Crippen LogP contribution in [0.5, 0.6) is 0 Å². The number of nitrogens with zero attached hydrogens (tertiary/aromatic N) is 2. The summed E-state index contributed by atoms with van der Waals surface area (Å²) >= 11 is 0.